The van der Waals surface area contributed by atoms with E-state index in [4.69, 9.17) is 15.0 Å². The largest absolute Gasteiger partial charge is 0.381 e. The molecule has 0 aromatic carbocycles. The average Bonchev–Trinajstić information content (AvgIpc) is 2.64. The van der Waals surface area contributed by atoms with Crippen molar-refractivity contribution in [1.29, 1.82) is 0 Å². The second-order valence-corrected chi connectivity index (χ2v) is 3.95. The van der Waals surface area contributed by atoms with Crippen LogP contribution in [-0.4, -0.2) is 29.4 Å². The lowest BCUT2D eigenvalue weighted by Crippen LogP contribution is -2.22. The van der Waals surface area contributed by atoms with Gasteiger partial charge in [-0.3, -0.25) is 0 Å². The van der Waals surface area contributed by atoms with Crippen molar-refractivity contribution < 1.29 is 9.26 Å². The molecule has 1 rings (SSSR count). The third-order valence-electron chi connectivity index (χ3n) is 2.53. The minimum atomic E-state index is 0.0122. The van der Waals surface area contributed by atoms with E-state index in [1.165, 1.54) is 0 Å². The van der Waals surface area contributed by atoms with Gasteiger partial charge in [0.1, 0.15) is 0 Å². The molecule has 1 aromatic rings. The van der Waals surface area contributed by atoms with E-state index in [2.05, 4.69) is 10.1 Å². The van der Waals surface area contributed by atoms with E-state index in [9.17, 15) is 0 Å². The highest BCUT2D eigenvalue weighted by molar-refractivity contribution is 4.96. The summed E-state index contributed by atoms with van der Waals surface area (Å²) in [5.41, 5.74) is 5.75. The molecule has 3 atom stereocenters. The van der Waals surface area contributed by atoms with Crippen molar-refractivity contribution in [2.45, 2.75) is 45.3 Å². The fourth-order valence-corrected chi connectivity index (χ4v) is 1.10. The Morgan fingerprint density at radius 3 is 2.60 bits per heavy atom. The highest BCUT2D eigenvalue weighted by Gasteiger charge is 2.18. The molecule has 0 bridgehead atoms. The molecule has 2 N–H and O–H groups in total. The highest BCUT2D eigenvalue weighted by atomic mass is 16.5. The Balaban J connectivity index is 2.63. The first-order chi connectivity index (χ1) is 7.04. The Morgan fingerprint density at radius 1 is 1.40 bits per heavy atom. The molecule has 0 saturated carbocycles. The van der Waals surface area contributed by atoms with Gasteiger partial charge in [0.25, 0.3) is 0 Å². The fourth-order valence-electron chi connectivity index (χ4n) is 1.10. The van der Waals surface area contributed by atoms with Crippen molar-refractivity contribution in [2.24, 2.45) is 5.73 Å². The minimum absolute atomic E-state index is 0.0122. The number of methoxy groups -OCH3 is 1. The lowest BCUT2D eigenvalue weighted by molar-refractivity contribution is 0.116. The molecular formula is C10H19N3O2. The zero-order chi connectivity index (χ0) is 11.4. The Morgan fingerprint density at radius 2 is 2.07 bits per heavy atom. The lowest BCUT2D eigenvalue weighted by atomic mass is 10.1. The summed E-state index contributed by atoms with van der Waals surface area (Å²) < 4.78 is 10.3. The van der Waals surface area contributed by atoms with Gasteiger partial charge < -0.3 is 15.0 Å². The molecule has 15 heavy (non-hydrogen) atoms. The predicted molar refractivity (Wildman–Crippen MR) is 56.5 cm³/mol. The van der Waals surface area contributed by atoms with Crippen LogP contribution in [0.25, 0.3) is 0 Å². The SMILES string of the molecule is COC(C)Cc1noc(C(C)C(C)N)n1. The molecule has 1 aromatic heterocycles. The summed E-state index contributed by atoms with van der Waals surface area (Å²) in [4.78, 5) is 4.28. The zero-order valence-electron chi connectivity index (χ0n) is 9.73. The highest BCUT2D eigenvalue weighted by Crippen LogP contribution is 2.16. The first-order valence-electron chi connectivity index (χ1n) is 5.15. The summed E-state index contributed by atoms with van der Waals surface area (Å²) in [5.74, 6) is 1.36. The summed E-state index contributed by atoms with van der Waals surface area (Å²) in [6.45, 7) is 5.86. The van der Waals surface area contributed by atoms with Crippen molar-refractivity contribution in [1.82, 2.24) is 10.1 Å². The Hall–Kier alpha value is -0.940. The van der Waals surface area contributed by atoms with E-state index in [1.807, 2.05) is 20.8 Å². The van der Waals surface area contributed by atoms with Gasteiger partial charge in [-0.1, -0.05) is 12.1 Å². The molecule has 0 fully saturated rings. The van der Waals surface area contributed by atoms with Crippen LogP contribution in [0.5, 0.6) is 0 Å². The molecular weight excluding hydrogens is 194 g/mol. The maximum atomic E-state index is 5.75. The molecule has 5 heteroatoms. The average molecular weight is 213 g/mol. The van der Waals surface area contributed by atoms with Crippen LogP contribution in [0.3, 0.4) is 0 Å². The van der Waals surface area contributed by atoms with Gasteiger partial charge in [-0.2, -0.15) is 4.98 Å². The number of aromatic nitrogens is 2. The molecule has 5 nitrogen and oxygen atoms in total. The van der Waals surface area contributed by atoms with Crippen LogP contribution in [0.2, 0.25) is 0 Å². The lowest BCUT2D eigenvalue weighted by Gasteiger charge is -2.09. The smallest absolute Gasteiger partial charge is 0.231 e. The molecule has 0 aliphatic heterocycles. The number of ether oxygens (including phenoxy) is 1. The Kier molecular flexibility index (Phi) is 4.23. The number of hydrogen-bond acceptors (Lipinski definition) is 5. The quantitative estimate of drug-likeness (QED) is 0.792. The number of nitrogens with two attached hydrogens (primary N) is 1. The van der Waals surface area contributed by atoms with E-state index in [1.54, 1.807) is 7.11 Å². The topological polar surface area (TPSA) is 74.2 Å². The zero-order valence-corrected chi connectivity index (χ0v) is 9.73. The van der Waals surface area contributed by atoms with Crippen LogP contribution >= 0.6 is 0 Å². The van der Waals surface area contributed by atoms with Gasteiger partial charge in [-0.05, 0) is 13.8 Å². The van der Waals surface area contributed by atoms with Crippen molar-refractivity contribution in [3.05, 3.63) is 11.7 Å². The van der Waals surface area contributed by atoms with Crippen LogP contribution in [0, 0.1) is 0 Å². The molecule has 0 spiro atoms. The minimum Gasteiger partial charge on any atom is -0.381 e. The van der Waals surface area contributed by atoms with Gasteiger partial charge >= 0.3 is 0 Å². The fraction of sp³-hybridized carbons (Fsp3) is 0.800. The standard InChI is InChI=1S/C10H19N3O2/c1-6(14-4)5-9-12-10(15-13-9)7(2)8(3)11/h6-8H,5,11H2,1-4H3. The van der Waals surface area contributed by atoms with Crippen LogP contribution in [-0.2, 0) is 11.2 Å². The third kappa shape index (κ3) is 3.28. The Labute approximate surface area is 90.0 Å². The summed E-state index contributed by atoms with van der Waals surface area (Å²) in [7, 11) is 1.66. The molecule has 0 saturated heterocycles. The van der Waals surface area contributed by atoms with E-state index < -0.39 is 0 Å². The molecule has 1 heterocycles. The van der Waals surface area contributed by atoms with Gasteiger partial charge in [0.05, 0.1) is 12.0 Å². The maximum absolute atomic E-state index is 5.75. The number of rotatable bonds is 5. The first kappa shape index (κ1) is 12.1. The Bertz CT molecular complexity index is 299. The summed E-state index contributed by atoms with van der Waals surface area (Å²) in [6.07, 6.45) is 0.757. The van der Waals surface area contributed by atoms with Gasteiger partial charge in [0.15, 0.2) is 5.82 Å². The molecule has 0 amide bonds. The number of nitrogens with zero attached hydrogens (tertiary/aromatic N) is 2. The van der Waals surface area contributed by atoms with E-state index in [0.29, 0.717) is 18.1 Å². The predicted octanol–water partition coefficient (Wildman–Crippen LogP) is 1.10. The van der Waals surface area contributed by atoms with Crippen molar-refractivity contribution >= 4 is 0 Å². The maximum Gasteiger partial charge on any atom is 0.231 e. The molecule has 3 unspecified atom stereocenters. The van der Waals surface area contributed by atoms with Gasteiger partial charge in [0, 0.05) is 19.6 Å². The van der Waals surface area contributed by atoms with Crippen molar-refractivity contribution in [3.63, 3.8) is 0 Å². The second kappa shape index (κ2) is 5.23. The van der Waals surface area contributed by atoms with E-state index >= 15 is 0 Å². The first-order valence-corrected chi connectivity index (χ1v) is 5.15. The summed E-state index contributed by atoms with van der Waals surface area (Å²) >= 11 is 0. The van der Waals surface area contributed by atoms with Gasteiger partial charge in [-0.15, -0.1) is 0 Å². The van der Waals surface area contributed by atoms with Crippen LogP contribution < -0.4 is 5.73 Å². The summed E-state index contributed by atoms with van der Waals surface area (Å²) in [5, 5.41) is 3.89. The normalized spacial score (nSPS) is 17.4. The molecule has 0 aliphatic carbocycles. The van der Waals surface area contributed by atoms with Gasteiger partial charge in [0.2, 0.25) is 5.89 Å². The van der Waals surface area contributed by atoms with Crippen molar-refractivity contribution in [2.75, 3.05) is 7.11 Å². The second-order valence-electron chi connectivity index (χ2n) is 3.95. The van der Waals surface area contributed by atoms with Crippen LogP contribution in [0.1, 0.15) is 38.4 Å². The van der Waals surface area contributed by atoms with Crippen LogP contribution in [0.4, 0.5) is 0 Å². The van der Waals surface area contributed by atoms with E-state index in [-0.39, 0.29) is 18.1 Å². The van der Waals surface area contributed by atoms with Crippen LogP contribution in [0.15, 0.2) is 4.52 Å². The molecule has 0 aliphatic rings. The monoisotopic (exact) mass is 213 g/mol. The molecule has 0 radical (unpaired) electrons. The van der Waals surface area contributed by atoms with Gasteiger partial charge in [-0.25, -0.2) is 0 Å². The third-order valence-corrected chi connectivity index (χ3v) is 2.53. The van der Waals surface area contributed by atoms with E-state index in [0.717, 1.165) is 0 Å². The van der Waals surface area contributed by atoms with Crippen molar-refractivity contribution in [3.8, 4) is 0 Å². The number of hydrogen-bond donors (Lipinski definition) is 1. The summed E-state index contributed by atoms with van der Waals surface area (Å²) in [6, 6.07) is 0.0122. The molecule has 86 valence electrons.